The smallest absolute Gasteiger partial charge is 0.371 e. The Kier molecular flexibility index (Phi) is 9.37. The second-order valence-corrected chi connectivity index (χ2v) is 12.7. The van der Waals surface area contributed by atoms with Crippen molar-refractivity contribution in [3.63, 3.8) is 0 Å². The average molecular weight is 539 g/mol. The van der Waals surface area contributed by atoms with Crippen molar-refractivity contribution in [1.29, 1.82) is 0 Å². The second kappa shape index (κ2) is 12.3. The van der Waals surface area contributed by atoms with Gasteiger partial charge in [-0.3, -0.25) is 9.97 Å². The molecule has 0 aliphatic heterocycles. The molecule has 4 nitrogen and oxygen atoms in total. The van der Waals surface area contributed by atoms with E-state index < -0.39 is 0 Å². The molecular weight excluding hydrogens is 502 g/mol. The quantitative estimate of drug-likeness (QED) is 0.250. The molecule has 0 saturated carbocycles. The Morgan fingerprint density at radius 2 is 0.905 bits per heavy atom. The van der Waals surface area contributed by atoms with Gasteiger partial charge in [-0.05, 0) is 55.2 Å². The number of nitrogens with zero attached hydrogens (tertiary/aromatic N) is 4. The summed E-state index contributed by atoms with van der Waals surface area (Å²) >= 11 is 0. The summed E-state index contributed by atoms with van der Waals surface area (Å²) in [4.78, 5) is 10.2. The van der Waals surface area contributed by atoms with E-state index in [4.69, 9.17) is 9.97 Å². The van der Waals surface area contributed by atoms with Gasteiger partial charge >= 0.3 is 37.7 Å². The maximum absolute atomic E-state index is 5.09. The van der Waals surface area contributed by atoms with Crippen LogP contribution in [0.5, 0.6) is 0 Å². The number of fused-ring (bicyclic) bond motifs is 2. The molecule has 0 N–H and O–H groups in total. The monoisotopic (exact) mass is 538 g/mol. The van der Waals surface area contributed by atoms with Gasteiger partial charge in [-0.15, -0.1) is 12.1 Å². The summed E-state index contributed by atoms with van der Waals surface area (Å²) in [6.45, 7) is 14.9. The molecule has 0 aliphatic rings. The fourth-order valence-electron chi connectivity index (χ4n) is 5.26. The summed E-state index contributed by atoms with van der Waals surface area (Å²) in [5, 5.41) is 0. The van der Waals surface area contributed by atoms with Crippen LogP contribution in [0.4, 0.5) is 0 Å². The summed E-state index contributed by atoms with van der Waals surface area (Å²) in [5.41, 5.74) is 9.14. The van der Waals surface area contributed by atoms with Crippen LogP contribution < -0.4 is 37.7 Å². The third kappa shape index (κ3) is 6.34. The van der Waals surface area contributed by atoms with E-state index in [2.05, 4.69) is 123 Å². The van der Waals surface area contributed by atoms with Crippen molar-refractivity contribution in [1.82, 2.24) is 19.1 Å². The minimum Gasteiger partial charge on any atom is -0.371 e. The van der Waals surface area contributed by atoms with Gasteiger partial charge in [-0.25, -0.2) is 0 Å². The van der Waals surface area contributed by atoms with Gasteiger partial charge in [0.25, 0.3) is 0 Å². The zero-order valence-electron chi connectivity index (χ0n) is 26.3. The van der Waals surface area contributed by atoms with Gasteiger partial charge in [0.05, 0.1) is 0 Å². The second-order valence-electron chi connectivity index (χ2n) is 12.7. The van der Waals surface area contributed by atoms with Crippen molar-refractivity contribution >= 4 is 22.1 Å². The van der Waals surface area contributed by atoms with Crippen molar-refractivity contribution in [2.75, 3.05) is 0 Å². The Hall–Kier alpha value is -2.99. The number of hydrogen-bond donors (Lipinski definition) is 0. The fourth-order valence-corrected chi connectivity index (χ4v) is 5.26. The van der Waals surface area contributed by atoms with Crippen LogP contribution in [0, 0.1) is 12.1 Å². The molecule has 0 atom stereocenters. The van der Waals surface area contributed by atoms with Gasteiger partial charge < -0.3 is 9.13 Å². The van der Waals surface area contributed by atoms with Crippen LogP contribution in [-0.2, 0) is 23.9 Å². The fraction of sp³-hybridized carbons (Fsp3) is 0.278. The molecule has 0 unspecified atom stereocenters. The molecule has 4 aromatic carbocycles. The number of hydrogen-bond acceptors (Lipinski definition) is 2. The van der Waals surface area contributed by atoms with E-state index in [1.165, 1.54) is 22.3 Å². The molecule has 6 aromatic rings. The maximum atomic E-state index is 5.09. The maximum Gasteiger partial charge on any atom is 1.00 e. The number of imidazole rings is 2. The molecular formula is C36H36Li2N4. The van der Waals surface area contributed by atoms with Crippen LogP contribution in [-0.4, -0.2) is 19.1 Å². The molecule has 0 fully saturated rings. The Bertz CT molecular complexity index is 1660. The molecule has 0 spiro atoms. The molecule has 6 heteroatoms. The van der Waals surface area contributed by atoms with Crippen LogP contribution in [0.25, 0.3) is 33.7 Å². The predicted molar refractivity (Wildman–Crippen MR) is 165 cm³/mol. The minimum absolute atomic E-state index is 0. The first-order valence-electron chi connectivity index (χ1n) is 14.0. The van der Waals surface area contributed by atoms with Crippen molar-refractivity contribution < 1.29 is 37.7 Å². The predicted octanol–water partition coefficient (Wildman–Crippen LogP) is 2.35. The molecule has 0 amide bonds. The summed E-state index contributed by atoms with van der Waals surface area (Å²) in [5.74, 6) is 1.68. The Morgan fingerprint density at radius 1 is 0.548 bits per heavy atom. The van der Waals surface area contributed by atoms with E-state index in [1.54, 1.807) is 0 Å². The van der Waals surface area contributed by atoms with Gasteiger partial charge in [0.15, 0.2) is 11.6 Å². The van der Waals surface area contributed by atoms with Crippen molar-refractivity contribution in [3.05, 3.63) is 119 Å². The number of para-hydroxylation sites is 2. The van der Waals surface area contributed by atoms with Crippen LogP contribution in [0.3, 0.4) is 0 Å². The largest absolute Gasteiger partial charge is 1.00 e. The van der Waals surface area contributed by atoms with Crippen LogP contribution in [0.2, 0.25) is 0 Å². The summed E-state index contributed by atoms with van der Waals surface area (Å²) in [6, 6.07) is 36.7. The summed E-state index contributed by atoms with van der Waals surface area (Å²) < 4.78 is 4.55. The SMILES string of the molecule is CC(C)(C)c1ccc(Cn2c(-c3nc4[c-]cccc4n3Cc3ccc(C(C)(C)C)cc3)nc3[c-]cccc32)cc1.[Li+].[Li+]. The van der Waals surface area contributed by atoms with E-state index >= 15 is 0 Å². The van der Waals surface area contributed by atoms with E-state index in [9.17, 15) is 0 Å². The molecule has 6 rings (SSSR count). The molecule has 2 heterocycles. The third-order valence-electron chi connectivity index (χ3n) is 7.68. The van der Waals surface area contributed by atoms with Crippen molar-refractivity contribution in [3.8, 4) is 11.6 Å². The summed E-state index contributed by atoms with van der Waals surface area (Å²) in [6.07, 6.45) is 0. The number of benzene rings is 4. The first-order valence-corrected chi connectivity index (χ1v) is 14.0. The Balaban J connectivity index is 0.00000202. The van der Waals surface area contributed by atoms with Crippen LogP contribution in [0.15, 0.2) is 84.9 Å². The minimum atomic E-state index is 0. The van der Waals surface area contributed by atoms with E-state index in [0.717, 1.165) is 33.7 Å². The molecule has 202 valence electrons. The van der Waals surface area contributed by atoms with E-state index in [1.807, 2.05) is 24.3 Å². The zero-order valence-corrected chi connectivity index (χ0v) is 26.3. The van der Waals surface area contributed by atoms with E-state index in [-0.39, 0.29) is 48.6 Å². The zero-order chi connectivity index (χ0) is 28.1. The molecule has 2 aromatic heterocycles. The van der Waals surface area contributed by atoms with Gasteiger partial charge in [0.2, 0.25) is 0 Å². The number of aromatic nitrogens is 4. The standard InChI is InChI=1S/C36H36N4.2Li/c1-35(2,3)27-19-15-25(16-20-27)23-39-31-13-9-7-11-29(31)37-33(39)34-38-30-12-8-10-14-32(30)40(34)24-26-17-21-28(22-18-26)36(4,5)6;;/h7-10,13-22H,23-24H2,1-6H3;;/q-2;2*+1. The normalized spacial score (nSPS) is 11.9. The van der Waals surface area contributed by atoms with Crippen molar-refractivity contribution in [2.45, 2.75) is 65.5 Å². The Labute approximate surface area is 273 Å². The first-order chi connectivity index (χ1) is 19.1. The molecule has 0 saturated heterocycles. The van der Waals surface area contributed by atoms with Gasteiger partial charge in [0, 0.05) is 13.1 Å². The molecule has 42 heavy (non-hydrogen) atoms. The van der Waals surface area contributed by atoms with Gasteiger partial charge in [-0.1, -0.05) is 90.1 Å². The summed E-state index contributed by atoms with van der Waals surface area (Å²) in [7, 11) is 0. The number of rotatable bonds is 5. The Morgan fingerprint density at radius 3 is 1.24 bits per heavy atom. The average Bonchev–Trinajstić information content (AvgIpc) is 3.46. The molecule has 0 bridgehead atoms. The van der Waals surface area contributed by atoms with E-state index in [0.29, 0.717) is 13.1 Å². The third-order valence-corrected chi connectivity index (χ3v) is 7.68. The molecule has 0 radical (unpaired) electrons. The first kappa shape index (κ1) is 31.9. The molecule has 0 aliphatic carbocycles. The van der Waals surface area contributed by atoms with Crippen LogP contribution in [0.1, 0.15) is 63.8 Å². The van der Waals surface area contributed by atoms with Gasteiger partial charge in [-0.2, -0.15) is 36.4 Å². The van der Waals surface area contributed by atoms with Gasteiger partial charge in [0.1, 0.15) is 0 Å². The van der Waals surface area contributed by atoms with Crippen LogP contribution >= 0.6 is 0 Å². The topological polar surface area (TPSA) is 35.6 Å². The van der Waals surface area contributed by atoms with Crippen molar-refractivity contribution in [2.24, 2.45) is 0 Å².